The van der Waals surface area contributed by atoms with Gasteiger partial charge in [0.25, 0.3) is 0 Å². The van der Waals surface area contributed by atoms with E-state index in [4.69, 9.17) is 0 Å². The fraction of sp³-hybridized carbons (Fsp3) is 0.333. The smallest absolute Gasteiger partial charge is 0.158 e. The maximum absolute atomic E-state index is 9.73. The summed E-state index contributed by atoms with van der Waals surface area (Å²) in [6.07, 6.45) is 4.96. The zero-order valence-electron chi connectivity index (χ0n) is 13.6. The van der Waals surface area contributed by atoms with Crippen molar-refractivity contribution in [2.24, 2.45) is 0 Å². The average molecular weight is 340 g/mol. The van der Waals surface area contributed by atoms with Crippen molar-refractivity contribution in [3.8, 4) is 22.8 Å². The fourth-order valence-corrected chi connectivity index (χ4v) is 3.26. The number of nitrogens with one attached hydrogen (secondary N) is 1. The van der Waals surface area contributed by atoms with E-state index in [9.17, 15) is 15.3 Å². The first-order chi connectivity index (χ1) is 12.1. The molecule has 0 unspecified atom stereocenters. The number of imidazole rings is 1. The quantitative estimate of drug-likeness (QED) is 0.546. The van der Waals surface area contributed by atoms with Crippen LogP contribution in [0.4, 0.5) is 5.82 Å². The lowest BCUT2D eigenvalue weighted by molar-refractivity contribution is 0.126. The maximum Gasteiger partial charge on any atom is 0.158 e. The van der Waals surface area contributed by atoms with E-state index >= 15 is 0 Å². The number of rotatable bonds is 3. The predicted molar refractivity (Wildman–Crippen MR) is 93.6 cm³/mol. The number of hydrogen-bond donors (Lipinski definition) is 4. The largest absolute Gasteiger partial charge is 0.504 e. The summed E-state index contributed by atoms with van der Waals surface area (Å²) in [6.45, 7) is 0. The van der Waals surface area contributed by atoms with E-state index in [0.717, 1.165) is 37.2 Å². The normalized spacial score (nSPS) is 20.7. The zero-order valence-corrected chi connectivity index (χ0v) is 13.6. The van der Waals surface area contributed by atoms with Crippen LogP contribution in [0.25, 0.3) is 16.9 Å². The summed E-state index contributed by atoms with van der Waals surface area (Å²) in [5.41, 5.74) is 2.15. The monoisotopic (exact) mass is 340 g/mol. The molecule has 1 aliphatic rings. The fourth-order valence-electron chi connectivity index (χ4n) is 3.26. The van der Waals surface area contributed by atoms with Gasteiger partial charge < -0.3 is 20.6 Å². The van der Waals surface area contributed by atoms with E-state index in [1.54, 1.807) is 16.8 Å². The Labute approximate surface area is 144 Å². The number of fused-ring (bicyclic) bond motifs is 1. The van der Waals surface area contributed by atoms with Crippen LogP contribution in [0, 0.1) is 0 Å². The molecular formula is C18H20N4O3. The molecule has 1 aliphatic carbocycles. The molecule has 130 valence electrons. The summed E-state index contributed by atoms with van der Waals surface area (Å²) in [5.74, 6) is 0.408. The van der Waals surface area contributed by atoms with Crippen LogP contribution in [-0.2, 0) is 0 Å². The Morgan fingerprint density at radius 2 is 1.80 bits per heavy atom. The van der Waals surface area contributed by atoms with E-state index in [0.29, 0.717) is 17.3 Å². The van der Waals surface area contributed by atoms with Gasteiger partial charge in [0.15, 0.2) is 17.1 Å². The van der Waals surface area contributed by atoms with Gasteiger partial charge in [-0.05, 0) is 56.0 Å². The molecule has 0 bridgehead atoms. The topological polar surface area (TPSA) is 103 Å². The highest BCUT2D eigenvalue weighted by atomic mass is 16.3. The Hall–Kier alpha value is -2.80. The van der Waals surface area contributed by atoms with Crippen molar-refractivity contribution in [2.45, 2.75) is 37.8 Å². The minimum absolute atomic E-state index is 0.160. The first kappa shape index (κ1) is 15.7. The summed E-state index contributed by atoms with van der Waals surface area (Å²) in [7, 11) is 0. The van der Waals surface area contributed by atoms with Crippen molar-refractivity contribution in [3.05, 3.63) is 36.5 Å². The molecule has 0 amide bonds. The molecule has 7 heteroatoms. The lowest BCUT2D eigenvalue weighted by Gasteiger charge is -2.26. The molecule has 4 rings (SSSR count). The highest BCUT2D eigenvalue weighted by Crippen LogP contribution is 2.31. The number of benzene rings is 1. The predicted octanol–water partition coefficient (Wildman–Crippen LogP) is 2.52. The second-order valence-electron chi connectivity index (χ2n) is 6.49. The Morgan fingerprint density at radius 3 is 2.56 bits per heavy atom. The number of phenols is 2. The number of aliphatic hydroxyl groups is 1. The van der Waals surface area contributed by atoms with E-state index in [1.807, 2.05) is 12.1 Å². The van der Waals surface area contributed by atoms with Gasteiger partial charge in [0.2, 0.25) is 0 Å². The van der Waals surface area contributed by atoms with Crippen LogP contribution in [0.5, 0.6) is 11.5 Å². The lowest BCUT2D eigenvalue weighted by atomic mass is 9.93. The summed E-state index contributed by atoms with van der Waals surface area (Å²) in [4.78, 5) is 4.34. The molecule has 0 aliphatic heterocycles. The molecule has 0 spiro atoms. The van der Waals surface area contributed by atoms with Crippen molar-refractivity contribution in [3.63, 3.8) is 0 Å². The standard InChI is InChI=1S/C18H20N4O3/c23-13-4-2-12(3-5-13)20-17-7-8-18-19-10-14(22(18)21-17)11-1-6-15(24)16(25)9-11/h1,6-10,12-13,23-25H,2-5H2,(H,20,21). The molecule has 2 aromatic heterocycles. The number of aromatic nitrogens is 3. The number of aromatic hydroxyl groups is 2. The molecule has 2 heterocycles. The average Bonchev–Trinajstić information content (AvgIpc) is 3.03. The molecule has 1 aromatic carbocycles. The van der Waals surface area contributed by atoms with Crippen molar-refractivity contribution >= 4 is 11.5 Å². The second kappa shape index (κ2) is 6.25. The zero-order chi connectivity index (χ0) is 17.4. The molecule has 4 N–H and O–H groups in total. The van der Waals surface area contributed by atoms with Gasteiger partial charge in [-0.1, -0.05) is 0 Å². The molecule has 0 radical (unpaired) electrons. The first-order valence-electron chi connectivity index (χ1n) is 8.42. The third kappa shape index (κ3) is 3.10. The van der Waals surface area contributed by atoms with Gasteiger partial charge in [0.05, 0.1) is 18.0 Å². The Balaban J connectivity index is 1.64. The van der Waals surface area contributed by atoms with Gasteiger partial charge in [-0.3, -0.25) is 0 Å². The van der Waals surface area contributed by atoms with Crippen molar-refractivity contribution in [1.29, 1.82) is 0 Å². The third-order valence-electron chi connectivity index (χ3n) is 4.68. The van der Waals surface area contributed by atoms with Gasteiger partial charge >= 0.3 is 0 Å². The number of hydrogen-bond acceptors (Lipinski definition) is 6. The molecule has 0 atom stereocenters. The summed E-state index contributed by atoms with van der Waals surface area (Å²) in [5, 5.41) is 36.9. The minimum Gasteiger partial charge on any atom is -0.504 e. The molecule has 3 aromatic rings. The van der Waals surface area contributed by atoms with Gasteiger partial charge in [0, 0.05) is 11.6 Å². The van der Waals surface area contributed by atoms with E-state index in [1.165, 1.54) is 12.1 Å². The molecule has 25 heavy (non-hydrogen) atoms. The van der Waals surface area contributed by atoms with Gasteiger partial charge in [0.1, 0.15) is 5.82 Å². The van der Waals surface area contributed by atoms with Crippen molar-refractivity contribution < 1.29 is 15.3 Å². The van der Waals surface area contributed by atoms with Gasteiger partial charge in [-0.2, -0.15) is 0 Å². The van der Waals surface area contributed by atoms with Crippen LogP contribution in [0.1, 0.15) is 25.7 Å². The van der Waals surface area contributed by atoms with Crippen LogP contribution in [0.2, 0.25) is 0 Å². The van der Waals surface area contributed by atoms with Crippen molar-refractivity contribution in [1.82, 2.24) is 14.6 Å². The van der Waals surface area contributed by atoms with Gasteiger partial charge in [-0.25, -0.2) is 9.50 Å². The molecule has 1 fully saturated rings. The SMILES string of the molecule is Oc1ccc(-c2cnc3ccc(NC4CCC(O)CC4)nn23)cc1O. The number of nitrogens with zero attached hydrogens (tertiary/aromatic N) is 3. The van der Waals surface area contributed by atoms with Gasteiger partial charge in [-0.15, -0.1) is 5.10 Å². The molecule has 0 saturated heterocycles. The van der Waals surface area contributed by atoms with Crippen LogP contribution < -0.4 is 5.32 Å². The number of aliphatic hydroxyl groups excluding tert-OH is 1. The van der Waals surface area contributed by atoms with Crippen LogP contribution in [0.15, 0.2) is 36.5 Å². The highest BCUT2D eigenvalue weighted by Gasteiger charge is 2.19. The second-order valence-corrected chi connectivity index (χ2v) is 6.49. The number of phenolic OH excluding ortho intramolecular Hbond substituents is 2. The molecular weight excluding hydrogens is 320 g/mol. The van der Waals surface area contributed by atoms with E-state index in [-0.39, 0.29) is 17.6 Å². The van der Waals surface area contributed by atoms with Crippen LogP contribution in [-0.4, -0.2) is 42.1 Å². The molecule has 1 saturated carbocycles. The van der Waals surface area contributed by atoms with Crippen LogP contribution in [0.3, 0.4) is 0 Å². The Morgan fingerprint density at radius 1 is 1.00 bits per heavy atom. The lowest BCUT2D eigenvalue weighted by Crippen LogP contribution is -2.28. The summed E-state index contributed by atoms with van der Waals surface area (Å²) >= 11 is 0. The van der Waals surface area contributed by atoms with E-state index in [2.05, 4.69) is 15.4 Å². The van der Waals surface area contributed by atoms with Crippen LogP contribution >= 0.6 is 0 Å². The first-order valence-corrected chi connectivity index (χ1v) is 8.42. The Kier molecular flexibility index (Phi) is 3.93. The number of anilines is 1. The van der Waals surface area contributed by atoms with E-state index < -0.39 is 0 Å². The maximum atomic E-state index is 9.73. The summed E-state index contributed by atoms with van der Waals surface area (Å²) in [6, 6.07) is 8.73. The highest BCUT2D eigenvalue weighted by molar-refractivity contribution is 5.66. The molecule has 7 nitrogen and oxygen atoms in total. The Bertz CT molecular complexity index is 900. The van der Waals surface area contributed by atoms with Crippen molar-refractivity contribution in [2.75, 3.05) is 5.32 Å². The third-order valence-corrected chi connectivity index (χ3v) is 4.68. The summed E-state index contributed by atoms with van der Waals surface area (Å²) < 4.78 is 1.71. The minimum atomic E-state index is -0.184.